The molecule has 2 aromatic carbocycles. The summed E-state index contributed by atoms with van der Waals surface area (Å²) in [4.78, 5) is 41.0. The van der Waals surface area contributed by atoms with Gasteiger partial charge in [0.25, 0.3) is 5.91 Å². The van der Waals surface area contributed by atoms with E-state index >= 15 is 0 Å². The maximum absolute atomic E-state index is 13.7. The summed E-state index contributed by atoms with van der Waals surface area (Å²) in [6, 6.07) is 23.2. The largest absolute Gasteiger partial charge is 0.384 e. The zero-order valence-corrected chi connectivity index (χ0v) is 22.4. The lowest BCUT2D eigenvalue weighted by Crippen LogP contribution is -2.34. The van der Waals surface area contributed by atoms with Gasteiger partial charge in [-0.25, -0.2) is 15.0 Å². The fraction of sp³-hybridized carbons (Fsp3) is 0.133. The first kappa shape index (κ1) is 27.0. The van der Waals surface area contributed by atoms with E-state index in [1.165, 1.54) is 4.90 Å². The second kappa shape index (κ2) is 12.1. The number of amidine groups is 1. The predicted molar refractivity (Wildman–Crippen MR) is 159 cm³/mol. The summed E-state index contributed by atoms with van der Waals surface area (Å²) in [7, 11) is 1.92. The third-order valence-electron chi connectivity index (χ3n) is 6.53. The van der Waals surface area contributed by atoms with Crippen molar-refractivity contribution in [2.45, 2.75) is 13.0 Å². The van der Waals surface area contributed by atoms with E-state index in [1.54, 1.807) is 73.1 Å². The van der Waals surface area contributed by atoms with E-state index in [4.69, 9.17) is 16.1 Å². The van der Waals surface area contributed by atoms with Crippen LogP contribution in [0.4, 0.5) is 17.3 Å². The number of aromatic nitrogens is 4. The Morgan fingerprint density at radius 1 is 0.951 bits per heavy atom. The lowest BCUT2D eigenvalue weighted by atomic mass is 10.1. The second-order valence-corrected chi connectivity index (χ2v) is 9.29. The van der Waals surface area contributed by atoms with Gasteiger partial charge in [0, 0.05) is 49.2 Å². The van der Waals surface area contributed by atoms with Gasteiger partial charge in [-0.15, -0.1) is 0 Å². The molecule has 2 amide bonds. The molecule has 0 aliphatic rings. The molecule has 11 heteroatoms. The maximum Gasteiger partial charge on any atom is 0.259 e. The molecule has 5 N–H and O–H groups in total. The SMILES string of the molecule is Cn1c(CNc2ccc(C(=N)N)cc2)nc2cc(C(=O)N(CCC(=O)Nc3ccccn3)c3ccccn3)ccc21. The molecule has 0 saturated heterocycles. The molecule has 0 bridgehead atoms. The minimum Gasteiger partial charge on any atom is -0.384 e. The van der Waals surface area contributed by atoms with Gasteiger partial charge < -0.3 is 20.9 Å². The van der Waals surface area contributed by atoms with Crippen LogP contribution in [0.3, 0.4) is 0 Å². The van der Waals surface area contributed by atoms with Crippen molar-refractivity contribution in [3.63, 3.8) is 0 Å². The second-order valence-electron chi connectivity index (χ2n) is 9.29. The van der Waals surface area contributed by atoms with Crippen molar-refractivity contribution in [2.24, 2.45) is 12.8 Å². The van der Waals surface area contributed by atoms with Gasteiger partial charge in [-0.2, -0.15) is 0 Å². The maximum atomic E-state index is 13.7. The quantitative estimate of drug-likeness (QED) is 0.152. The lowest BCUT2D eigenvalue weighted by Gasteiger charge is -2.21. The summed E-state index contributed by atoms with van der Waals surface area (Å²) in [5.74, 6) is 1.16. The van der Waals surface area contributed by atoms with E-state index in [-0.39, 0.29) is 30.6 Å². The van der Waals surface area contributed by atoms with Gasteiger partial charge in [-0.3, -0.25) is 19.9 Å². The number of carbonyl (C=O) groups is 2. The zero-order chi connectivity index (χ0) is 28.8. The van der Waals surface area contributed by atoms with Crippen LogP contribution in [0.25, 0.3) is 11.0 Å². The minimum atomic E-state index is -0.285. The molecule has 0 radical (unpaired) electrons. The summed E-state index contributed by atoms with van der Waals surface area (Å²) in [6.45, 7) is 0.589. The van der Waals surface area contributed by atoms with Crippen LogP contribution < -0.4 is 21.3 Å². The average Bonchev–Trinajstić information content (AvgIpc) is 3.31. The topological polar surface area (TPSA) is 155 Å². The van der Waals surface area contributed by atoms with Crippen molar-refractivity contribution in [1.29, 1.82) is 5.41 Å². The molecule has 0 atom stereocenters. The number of hydrogen-bond acceptors (Lipinski definition) is 7. The third kappa shape index (κ3) is 6.36. The van der Waals surface area contributed by atoms with Crippen LogP contribution in [-0.4, -0.2) is 43.7 Å². The number of aryl methyl sites for hydroxylation is 1. The number of nitrogens with zero attached hydrogens (tertiary/aromatic N) is 5. The summed E-state index contributed by atoms with van der Waals surface area (Å²) >= 11 is 0. The fourth-order valence-corrected chi connectivity index (χ4v) is 4.33. The fourth-order valence-electron chi connectivity index (χ4n) is 4.33. The Bertz CT molecular complexity index is 1680. The van der Waals surface area contributed by atoms with Crippen LogP contribution >= 0.6 is 0 Å². The highest BCUT2D eigenvalue weighted by molar-refractivity contribution is 6.07. The third-order valence-corrected chi connectivity index (χ3v) is 6.53. The Morgan fingerprint density at radius 2 is 1.68 bits per heavy atom. The van der Waals surface area contributed by atoms with E-state index in [2.05, 4.69) is 20.6 Å². The van der Waals surface area contributed by atoms with Gasteiger partial charge in [-0.05, 0) is 66.7 Å². The smallest absolute Gasteiger partial charge is 0.259 e. The van der Waals surface area contributed by atoms with E-state index in [9.17, 15) is 9.59 Å². The zero-order valence-electron chi connectivity index (χ0n) is 22.4. The molecular formula is C30H29N9O2. The molecule has 0 saturated carbocycles. The van der Waals surface area contributed by atoms with Gasteiger partial charge in [0.15, 0.2) is 0 Å². The number of fused-ring (bicyclic) bond motifs is 1. The number of nitrogens with one attached hydrogen (secondary N) is 3. The normalized spacial score (nSPS) is 10.8. The van der Waals surface area contributed by atoms with Crippen molar-refractivity contribution in [3.8, 4) is 0 Å². The van der Waals surface area contributed by atoms with E-state index in [0.717, 1.165) is 17.0 Å². The number of benzene rings is 2. The molecule has 5 rings (SSSR count). The Kier molecular flexibility index (Phi) is 7.95. The van der Waals surface area contributed by atoms with Gasteiger partial charge in [0.2, 0.25) is 5.91 Å². The highest BCUT2D eigenvalue weighted by Gasteiger charge is 2.21. The summed E-state index contributed by atoms with van der Waals surface area (Å²) in [5.41, 5.74) is 9.05. The van der Waals surface area contributed by atoms with Crippen molar-refractivity contribution in [2.75, 3.05) is 22.1 Å². The number of anilines is 3. The van der Waals surface area contributed by atoms with Crippen molar-refractivity contribution < 1.29 is 9.59 Å². The Balaban J connectivity index is 1.32. The van der Waals surface area contributed by atoms with E-state index < -0.39 is 0 Å². The molecule has 0 aliphatic heterocycles. The number of pyridine rings is 2. The van der Waals surface area contributed by atoms with Crippen molar-refractivity contribution in [1.82, 2.24) is 19.5 Å². The number of amides is 2. The summed E-state index contributed by atoms with van der Waals surface area (Å²) in [5, 5.41) is 13.6. The molecule has 3 heterocycles. The lowest BCUT2D eigenvalue weighted by molar-refractivity contribution is -0.116. The van der Waals surface area contributed by atoms with Crippen LogP contribution in [0.2, 0.25) is 0 Å². The van der Waals surface area contributed by atoms with Crippen LogP contribution in [0.5, 0.6) is 0 Å². The molecule has 41 heavy (non-hydrogen) atoms. The van der Waals surface area contributed by atoms with E-state index in [1.807, 2.05) is 29.8 Å². The van der Waals surface area contributed by atoms with Crippen molar-refractivity contribution in [3.05, 3.63) is 108 Å². The summed E-state index contributed by atoms with van der Waals surface area (Å²) in [6.07, 6.45) is 3.27. The highest BCUT2D eigenvalue weighted by atomic mass is 16.2. The monoisotopic (exact) mass is 547 g/mol. The molecule has 0 spiro atoms. The number of hydrogen-bond donors (Lipinski definition) is 4. The number of carbonyl (C=O) groups excluding carboxylic acids is 2. The van der Waals surface area contributed by atoms with Gasteiger partial charge >= 0.3 is 0 Å². The predicted octanol–water partition coefficient (Wildman–Crippen LogP) is 3.94. The van der Waals surface area contributed by atoms with Gasteiger partial charge in [0.05, 0.1) is 17.6 Å². The number of rotatable bonds is 10. The van der Waals surface area contributed by atoms with E-state index in [0.29, 0.717) is 34.8 Å². The average molecular weight is 548 g/mol. The Hall–Kier alpha value is -5.58. The minimum absolute atomic E-state index is 0.0200. The Morgan fingerprint density at radius 3 is 2.37 bits per heavy atom. The van der Waals surface area contributed by atoms with Crippen LogP contribution in [0, 0.1) is 5.41 Å². The molecule has 11 nitrogen and oxygen atoms in total. The first-order chi connectivity index (χ1) is 19.9. The molecule has 5 aromatic rings. The number of nitrogens with two attached hydrogens (primary N) is 1. The van der Waals surface area contributed by atoms with Crippen molar-refractivity contribution >= 4 is 46.0 Å². The number of nitrogen functional groups attached to an aromatic ring is 1. The van der Waals surface area contributed by atoms with Crippen LogP contribution in [0.1, 0.15) is 28.2 Å². The first-order valence-electron chi connectivity index (χ1n) is 13.0. The number of imidazole rings is 1. The van der Waals surface area contributed by atoms with Gasteiger partial charge in [0.1, 0.15) is 23.3 Å². The molecule has 0 unspecified atom stereocenters. The van der Waals surface area contributed by atoms with Gasteiger partial charge in [-0.1, -0.05) is 12.1 Å². The van der Waals surface area contributed by atoms with Crippen LogP contribution in [-0.2, 0) is 18.4 Å². The Labute approximate surface area is 236 Å². The molecule has 0 fully saturated rings. The molecule has 3 aromatic heterocycles. The summed E-state index contributed by atoms with van der Waals surface area (Å²) < 4.78 is 1.97. The highest BCUT2D eigenvalue weighted by Crippen LogP contribution is 2.21. The van der Waals surface area contributed by atoms with Crippen LogP contribution in [0.15, 0.2) is 91.3 Å². The standard InChI is InChI=1S/C30H29N9O2/c1-38-24-13-10-21(18-23(24)36-27(38)19-35-22-11-8-20(9-12-22)29(31)32)30(41)39(26-7-3-5-16-34-26)17-14-28(40)37-25-6-2-4-15-33-25/h2-13,15-16,18,35H,14,17,19H2,1H3,(H3,31,32)(H,33,37,40). The molecule has 0 aliphatic carbocycles. The molecule has 206 valence electrons. The first-order valence-corrected chi connectivity index (χ1v) is 13.0. The molecular weight excluding hydrogens is 518 g/mol.